The third-order valence-corrected chi connectivity index (χ3v) is 2.88. The van der Waals surface area contributed by atoms with Crippen molar-refractivity contribution in [3.63, 3.8) is 0 Å². The highest BCUT2D eigenvalue weighted by molar-refractivity contribution is 5.69. The van der Waals surface area contributed by atoms with E-state index in [-0.39, 0.29) is 17.3 Å². The Hall–Kier alpha value is -1.85. The number of nitrogens with zero attached hydrogens (tertiary/aromatic N) is 2. The molecule has 0 atom stereocenters. The maximum atomic E-state index is 11.7. The number of imidazole rings is 1. The van der Waals surface area contributed by atoms with E-state index in [1.807, 2.05) is 6.92 Å². The van der Waals surface area contributed by atoms with Gasteiger partial charge in [0.2, 0.25) is 0 Å². The Bertz CT molecular complexity index is 659. The van der Waals surface area contributed by atoms with E-state index >= 15 is 0 Å². The third kappa shape index (κ3) is 1.22. The Labute approximate surface area is 90.3 Å². The second kappa shape index (κ2) is 3.07. The van der Waals surface area contributed by atoms with Crippen LogP contribution in [0.1, 0.15) is 31.6 Å². The first-order valence-electron chi connectivity index (χ1n) is 5.44. The minimum absolute atomic E-state index is 0.208. The van der Waals surface area contributed by atoms with Crippen molar-refractivity contribution in [2.75, 3.05) is 0 Å². The Balaban J connectivity index is 2.42. The lowest BCUT2D eigenvalue weighted by Crippen LogP contribution is -2.29. The largest absolute Gasteiger partial charge is 0.336 e. The fourth-order valence-electron chi connectivity index (χ4n) is 1.90. The topological polar surface area (TPSA) is 83.5 Å². The molecule has 0 aliphatic heterocycles. The average Bonchev–Trinajstić information content (AvgIpc) is 2.96. The van der Waals surface area contributed by atoms with E-state index in [1.165, 1.54) is 0 Å². The summed E-state index contributed by atoms with van der Waals surface area (Å²) in [4.78, 5) is 32.8. The Morgan fingerprint density at radius 3 is 2.75 bits per heavy atom. The summed E-state index contributed by atoms with van der Waals surface area (Å²) in [5, 5.41) is 0. The molecule has 84 valence electrons. The monoisotopic (exact) mass is 220 g/mol. The molecule has 0 unspecified atom stereocenters. The fourth-order valence-corrected chi connectivity index (χ4v) is 1.90. The zero-order chi connectivity index (χ0) is 11.3. The zero-order valence-electron chi connectivity index (χ0n) is 8.91. The lowest BCUT2D eigenvalue weighted by Gasteiger charge is -2.01. The summed E-state index contributed by atoms with van der Waals surface area (Å²) in [5.41, 5.74) is 0.162. The maximum absolute atomic E-state index is 11.7. The van der Waals surface area contributed by atoms with Crippen LogP contribution in [0.2, 0.25) is 0 Å². The van der Waals surface area contributed by atoms with Gasteiger partial charge >= 0.3 is 5.69 Å². The summed E-state index contributed by atoms with van der Waals surface area (Å²) in [6.07, 6.45) is 2.68. The molecule has 0 saturated heterocycles. The van der Waals surface area contributed by atoms with Crippen molar-refractivity contribution in [2.45, 2.75) is 32.2 Å². The molecular formula is C10H12N4O2. The predicted octanol–water partition coefficient (Wildman–Crippen LogP) is 0.310. The van der Waals surface area contributed by atoms with Crippen LogP contribution in [0.15, 0.2) is 9.59 Å². The molecule has 16 heavy (non-hydrogen) atoms. The smallest absolute Gasteiger partial charge is 0.330 e. The van der Waals surface area contributed by atoms with Crippen LogP contribution in [0.25, 0.3) is 11.2 Å². The molecule has 1 aliphatic carbocycles. The Morgan fingerprint density at radius 1 is 1.38 bits per heavy atom. The molecule has 2 aromatic heterocycles. The van der Waals surface area contributed by atoms with Crippen molar-refractivity contribution in [1.29, 1.82) is 0 Å². The zero-order valence-corrected chi connectivity index (χ0v) is 8.91. The van der Waals surface area contributed by atoms with Crippen LogP contribution in [-0.4, -0.2) is 19.5 Å². The van der Waals surface area contributed by atoms with Crippen LogP contribution in [0.5, 0.6) is 0 Å². The van der Waals surface area contributed by atoms with Gasteiger partial charge in [-0.3, -0.25) is 14.3 Å². The number of rotatable bonds is 2. The molecule has 2 N–H and O–H groups in total. The second-order valence-electron chi connectivity index (χ2n) is 4.10. The standard InChI is InChI=1S/C10H12N4O2/c1-2-6-11-7-8(12-6)14(5-3-4-5)10(16)13-9(7)15/h5H,2-4H2,1H3,(H,11,12)(H,13,15,16). The summed E-state index contributed by atoms with van der Waals surface area (Å²) in [5.74, 6) is 0.737. The molecule has 2 heterocycles. The van der Waals surface area contributed by atoms with Crippen molar-refractivity contribution in [3.8, 4) is 0 Å². The van der Waals surface area contributed by atoms with Gasteiger partial charge in [0.25, 0.3) is 5.56 Å². The molecule has 0 aromatic carbocycles. The van der Waals surface area contributed by atoms with Crippen molar-refractivity contribution in [2.24, 2.45) is 0 Å². The van der Waals surface area contributed by atoms with Gasteiger partial charge in [-0.25, -0.2) is 9.78 Å². The molecule has 3 rings (SSSR count). The normalized spacial score (nSPS) is 15.8. The van der Waals surface area contributed by atoms with Gasteiger partial charge in [0.05, 0.1) is 0 Å². The molecule has 0 bridgehead atoms. The highest BCUT2D eigenvalue weighted by Crippen LogP contribution is 2.34. The maximum Gasteiger partial charge on any atom is 0.330 e. The molecule has 0 spiro atoms. The van der Waals surface area contributed by atoms with Gasteiger partial charge in [-0.15, -0.1) is 0 Å². The quantitative estimate of drug-likeness (QED) is 0.764. The lowest BCUT2D eigenvalue weighted by atomic mass is 10.5. The van der Waals surface area contributed by atoms with E-state index in [1.54, 1.807) is 4.57 Å². The number of hydrogen-bond acceptors (Lipinski definition) is 3. The minimum atomic E-state index is -0.385. The van der Waals surface area contributed by atoms with Gasteiger partial charge in [0.15, 0.2) is 5.65 Å². The summed E-state index contributed by atoms with van der Waals surface area (Å²) < 4.78 is 1.59. The number of fused-ring (bicyclic) bond motifs is 1. The highest BCUT2D eigenvalue weighted by atomic mass is 16.2. The van der Waals surface area contributed by atoms with Crippen LogP contribution in [-0.2, 0) is 6.42 Å². The Morgan fingerprint density at radius 2 is 2.12 bits per heavy atom. The summed E-state index contributed by atoms with van der Waals surface area (Å²) >= 11 is 0. The molecule has 0 amide bonds. The molecule has 1 fully saturated rings. The van der Waals surface area contributed by atoms with Gasteiger partial charge < -0.3 is 4.98 Å². The number of H-pyrrole nitrogens is 2. The second-order valence-corrected chi connectivity index (χ2v) is 4.10. The van der Waals surface area contributed by atoms with Crippen molar-refractivity contribution >= 4 is 11.2 Å². The van der Waals surface area contributed by atoms with Crippen LogP contribution in [0.4, 0.5) is 0 Å². The molecular weight excluding hydrogens is 208 g/mol. The van der Waals surface area contributed by atoms with E-state index in [2.05, 4.69) is 15.0 Å². The van der Waals surface area contributed by atoms with Gasteiger partial charge in [-0.2, -0.15) is 0 Å². The van der Waals surface area contributed by atoms with Gasteiger partial charge in [-0.1, -0.05) is 6.92 Å². The first-order chi connectivity index (χ1) is 7.70. The van der Waals surface area contributed by atoms with Gasteiger partial charge in [0.1, 0.15) is 11.3 Å². The molecule has 1 saturated carbocycles. The predicted molar refractivity (Wildman–Crippen MR) is 58.6 cm³/mol. The number of aromatic amines is 2. The van der Waals surface area contributed by atoms with Gasteiger partial charge in [-0.05, 0) is 12.8 Å². The van der Waals surface area contributed by atoms with Crippen LogP contribution >= 0.6 is 0 Å². The number of aromatic nitrogens is 4. The lowest BCUT2D eigenvalue weighted by molar-refractivity contribution is 0.700. The molecule has 6 heteroatoms. The van der Waals surface area contributed by atoms with Crippen LogP contribution in [0, 0.1) is 0 Å². The average molecular weight is 220 g/mol. The molecule has 6 nitrogen and oxygen atoms in total. The number of nitrogens with one attached hydrogen (secondary N) is 2. The third-order valence-electron chi connectivity index (χ3n) is 2.88. The summed E-state index contributed by atoms with van der Waals surface area (Å²) in [6.45, 7) is 1.95. The number of hydrogen-bond donors (Lipinski definition) is 2. The molecule has 2 aromatic rings. The fraction of sp³-hybridized carbons (Fsp3) is 0.500. The van der Waals surface area contributed by atoms with E-state index in [9.17, 15) is 9.59 Å². The SMILES string of the molecule is CCc1nc2c([nH]1)c(=O)[nH]c(=O)n2C1CC1. The summed E-state index contributed by atoms with van der Waals surface area (Å²) in [6, 6.07) is 0.208. The first kappa shape index (κ1) is 9.38. The molecule has 0 radical (unpaired) electrons. The van der Waals surface area contributed by atoms with Gasteiger partial charge in [0, 0.05) is 12.5 Å². The van der Waals surface area contributed by atoms with Crippen molar-refractivity contribution in [1.82, 2.24) is 19.5 Å². The number of aryl methyl sites for hydroxylation is 1. The molecule has 1 aliphatic rings. The summed E-state index contributed by atoms with van der Waals surface area (Å²) in [7, 11) is 0. The Kier molecular flexibility index (Phi) is 1.80. The van der Waals surface area contributed by atoms with Crippen molar-refractivity contribution in [3.05, 3.63) is 26.7 Å². The van der Waals surface area contributed by atoms with E-state index < -0.39 is 0 Å². The minimum Gasteiger partial charge on any atom is -0.336 e. The highest BCUT2D eigenvalue weighted by Gasteiger charge is 2.28. The van der Waals surface area contributed by atoms with Crippen LogP contribution < -0.4 is 11.2 Å². The van der Waals surface area contributed by atoms with E-state index in [4.69, 9.17) is 0 Å². The van der Waals surface area contributed by atoms with Crippen molar-refractivity contribution < 1.29 is 0 Å². The first-order valence-corrected chi connectivity index (χ1v) is 5.44. The van der Waals surface area contributed by atoms with E-state index in [0.29, 0.717) is 17.6 Å². The van der Waals surface area contributed by atoms with E-state index in [0.717, 1.165) is 18.7 Å². The van der Waals surface area contributed by atoms with Crippen LogP contribution in [0.3, 0.4) is 0 Å².